The standard InChI is InChI=1S/H2O.H4Si.Sn.Zn.3H/h1H2;1H4;;;;;. The van der Waals surface area contributed by atoms with Crippen molar-refractivity contribution in [3.8, 4) is 0 Å². The molecule has 0 aromatic carbocycles. The van der Waals surface area contributed by atoms with Crippen LogP contribution in [0.25, 0.3) is 0 Å². The Balaban J connectivity index is 0. The van der Waals surface area contributed by atoms with Crippen LogP contribution in [0.3, 0.4) is 0 Å². The molecule has 0 saturated carbocycles. The molecule has 0 fully saturated rings. The van der Waals surface area contributed by atoms with E-state index in [1.165, 1.54) is 0 Å². The van der Waals surface area contributed by atoms with Crippen LogP contribution in [0.1, 0.15) is 0 Å². The summed E-state index contributed by atoms with van der Waals surface area (Å²) >= 11 is 0. The predicted molar refractivity (Wildman–Crippen MR) is 24.9 cm³/mol. The summed E-state index contributed by atoms with van der Waals surface area (Å²) < 4.78 is 0. The second kappa shape index (κ2) is 23.3. The fraction of sp³-hybridized carbons (Fsp3) is 0. The van der Waals surface area contributed by atoms with Gasteiger partial charge in [-0.3, -0.25) is 0 Å². The second-order valence-electron chi connectivity index (χ2n) is 0. The van der Waals surface area contributed by atoms with Gasteiger partial charge in [-0.15, -0.1) is 0 Å². The molecule has 0 aromatic heterocycles. The van der Waals surface area contributed by atoms with Gasteiger partial charge in [0.1, 0.15) is 0 Å². The van der Waals surface area contributed by atoms with E-state index in [1.54, 1.807) is 0 Å². The minimum Gasteiger partial charge on any atom is 0 e. The summed E-state index contributed by atoms with van der Waals surface area (Å²) in [5.74, 6) is 0. The summed E-state index contributed by atoms with van der Waals surface area (Å²) in [4.78, 5) is 0. The third kappa shape index (κ3) is 9.51. The molecule has 0 heterocycles. The van der Waals surface area contributed by atoms with Gasteiger partial charge in [0.05, 0.1) is 0 Å². The zero-order valence-corrected chi connectivity index (χ0v) is 10.9. The minimum atomic E-state index is 0. The molecule has 0 aliphatic rings. The summed E-state index contributed by atoms with van der Waals surface area (Å²) in [6.07, 6.45) is 0. The Morgan fingerprint density at radius 1 is 1.00 bits per heavy atom. The first-order chi connectivity index (χ1) is 0. The van der Waals surface area contributed by atoms with E-state index in [1.807, 2.05) is 0 Å². The van der Waals surface area contributed by atoms with Gasteiger partial charge >= 0.3 is 23.9 Å². The van der Waals surface area contributed by atoms with E-state index < -0.39 is 0 Å². The van der Waals surface area contributed by atoms with E-state index >= 15 is 0 Å². The number of hydrogen-bond acceptors (Lipinski definition) is 0. The average molecular weight is 237 g/mol. The predicted octanol–water partition coefficient (Wildman–Crippen LogP) is -3.46. The molecule has 0 aliphatic heterocycles. The maximum Gasteiger partial charge on any atom is 0 e. The van der Waals surface area contributed by atoms with Crippen molar-refractivity contribution < 1.29 is 25.0 Å². The molecule has 1 radical (unpaired) electrons. The van der Waals surface area contributed by atoms with Crippen LogP contribution in [-0.2, 0) is 19.5 Å². The van der Waals surface area contributed by atoms with Gasteiger partial charge in [0.2, 0.25) is 0 Å². The second-order valence-corrected chi connectivity index (χ2v) is 0. The summed E-state index contributed by atoms with van der Waals surface area (Å²) in [5, 5.41) is 0. The Morgan fingerprint density at radius 3 is 1.00 bits per heavy atom. The first-order valence-electron chi connectivity index (χ1n) is 0. The molecule has 0 atom stereocenters. The van der Waals surface area contributed by atoms with E-state index in [-0.39, 0.29) is 59.8 Å². The van der Waals surface area contributed by atoms with Gasteiger partial charge in [-0.25, -0.2) is 0 Å². The Labute approximate surface area is 59.6 Å². The van der Waals surface area contributed by atoms with Crippen LogP contribution in [0, 0.1) is 0 Å². The van der Waals surface area contributed by atoms with Crippen LogP contribution < -0.4 is 0 Å². The van der Waals surface area contributed by atoms with Gasteiger partial charge in [0, 0.05) is 19.5 Å². The molecule has 4 heteroatoms. The molecule has 25 valence electrons. The Kier molecular flexibility index (Phi) is 270. The smallest absolute Gasteiger partial charge is 0 e. The molecular formula is H9OSiSnZn. The van der Waals surface area contributed by atoms with Crippen molar-refractivity contribution in [3.63, 3.8) is 0 Å². The molecular weight excluding hydrogens is 228 g/mol. The van der Waals surface area contributed by atoms with E-state index in [0.29, 0.717) is 0 Å². The van der Waals surface area contributed by atoms with Gasteiger partial charge < -0.3 is 5.48 Å². The Hall–Kier alpha value is 1.60. The van der Waals surface area contributed by atoms with Crippen LogP contribution >= 0.6 is 0 Å². The van der Waals surface area contributed by atoms with Crippen molar-refractivity contribution in [1.29, 1.82) is 0 Å². The first-order valence-corrected chi connectivity index (χ1v) is 0. The molecule has 0 rings (SSSR count). The molecule has 0 aliphatic carbocycles. The van der Waals surface area contributed by atoms with Crippen molar-refractivity contribution in [2.24, 2.45) is 0 Å². The Morgan fingerprint density at radius 2 is 1.00 bits per heavy atom. The molecule has 0 bridgehead atoms. The van der Waals surface area contributed by atoms with Crippen molar-refractivity contribution in [3.05, 3.63) is 0 Å². The zero-order valence-electron chi connectivity index (χ0n) is 2.21. The molecule has 4 heavy (non-hydrogen) atoms. The largest absolute Gasteiger partial charge is 0 e. The molecule has 0 unspecified atom stereocenters. The fourth-order valence-corrected chi connectivity index (χ4v) is 0. The van der Waals surface area contributed by atoms with Crippen LogP contribution in [0.15, 0.2) is 0 Å². The van der Waals surface area contributed by atoms with E-state index in [4.69, 9.17) is 0 Å². The quantitative estimate of drug-likeness (QED) is 0.392. The van der Waals surface area contributed by atoms with Crippen molar-refractivity contribution >= 4 is 34.9 Å². The minimum absolute atomic E-state index is 0. The van der Waals surface area contributed by atoms with Crippen LogP contribution in [-0.4, -0.2) is 40.3 Å². The first kappa shape index (κ1) is 46.3. The van der Waals surface area contributed by atoms with Crippen LogP contribution in [0.5, 0.6) is 0 Å². The van der Waals surface area contributed by atoms with Crippen molar-refractivity contribution in [2.45, 2.75) is 0 Å². The van der Waals surface area contributed by atoms with Gasteiger partial charge in [0.15, 0.2) is 0 Å². The topological polar surface area (TPSA) is 31.5 Å². The third-order valence-electron chi connectivity index (χ3n) is 0. The SMILES string of the molecule is O.[SiH4].[SnH3].[Zn]. The number of hydrogen-bond donors (Lipinski definition) is 0. The molecule has 1 nitrogen and oxygen atoms in total. The van der Waals surface area contributed by atoms with E-state index in [2.05, 4.69) is 0 Å². The maximum atomic E-state index is 0. The monoisotopic (exact) mass is 237 g/mol. The van der Waals surface area contributed by atoms with Gasteiger partial charge in [-0.2, -0.15) is 0 Å². The van der Waals surface area contributed by atoms with Gasteiger partial charge in [-0.1, -0.05) is 0 Å². The third-order valence-corrected chi connectivity index (χ3v) is 0. The summed E-state index contributed by atoms with van der Waals surface area (Å²) in [6, 6.07) is 0. The normalized spacial score (nSPS) is 0. The number of rotatable bonds is 0. The molecule has 0 spiro atoms. The van der Waals surface area contributed by atoms with E-state index in [0.717, 1.165) is 0 Å². The van der Waals surface area contributed by atoms with Crippen molar-refractivity contribution in [1.82, 2.24) is 0 Å². The molecule has 0 amide bonds. The van der Waals surface area contributed by atoms with Crippen LogP contribution in [0.4, 0.5) is 0 Å². The average Bonchev–Trinajstić information content (AvgIpc) is 0. The molecule has 0 aromatic rings. The van der Waals surface area contributed by atoms with Crippen LogP contribution in [0.2, 0.25) is 0 Å². The summed E-state index contributed by atoms with van der Waals surface area (Å²) in [7, 11) is 0. The zero-order chi connectivity index (χ0) is 0. The fourth-order valence-electron chi connectivity index (χ4n) is 0. The van der Waals surface area contributed by atoms with Gasteiger partial charge in [0.25, 0.3) is 0 Å². The van der Waals surface area contributed by atoms with Crippen molar-refractivity contribution in [2.75, 3.05) is 0 Å². The summed E-state index contributed by atoms with van der Waals surface area (Å²) in [6.45, 7) is 0. The van der Waals surface area contributed by atoms with E-state index in [9.17, 15) is 0 Å². The molecule has 0 saturated heterocycles. The summed E-state index contributed by atoms with van der Waals surface area (Å²) in [5.41, 5.74) is 0. The molecule has 2 N–H and O–H groups in total. The van der Waals surface area contributed by atoms with Gasteiger partial charge in [-0.05, 0) is 11.0 Å². The maximum absolute atomic E-state index is 0. The Bertz CT molecular complexity index is 8.00.